The fraction of sp³-hybridized carbons (Fsp3) is 0.143. The first kappa shape index (κ1) is 13.3. The zero-order chi connectivity index (χ0) is 13.8. The van der Waals surface area contributed by atoms with E-state index in [2.05, 4.69) is 5.32 Å². The lowest BCUT2D eigenvalue weighted by Crippen LogP contribution is -2.14. The van der Waals surface area contributed by atoms with Crippen molar-refractivity contribution >= 4 is 28.9 Å². The van der Waals surface area contributed by atoms with Crippen molar-refractivity contribution in [1.82, 2.24) is 0 Å². The second-order valence-electron chi connectivity index (χ2n) is 3.89. The Morgan fingerprint density at radius 2 is 1.89 bits per heavy atom. The van der Waals surface area contributed by atoms with Crippen LogP contribution in [0.3, 0.4) is 0 Å². The van der Waals surface area contributed by atoms with E-state index in [0.717, 1.165) is 4.88 Å². The highest BCUT2D eigenvalue weighted by molar-refractivity contribution is 7.10. The van der Waals surface area contributed by atoms with Crippen molar-refractivity contribution in [1.29, 1.82) is 0 Å². The molecule has 0 fully saturated rings. The summed E-state index contributed by atoms with van der Waals surface area (Å²) < 4.78 is 4.72. The van der Waals surface area contributed by atoms with Crippen LogP contribution >= 0.6 is 11.3 Å². The molecule has 0 aliphatic carbocycles. The third-order valence-corrected chi connectivity index (χ3v) is 3.56. The molecule has 4 nitrogen and oxygen atoms in total. The molecule has 0 radical (unpaired) electrons. The van der Waals surface area contributed by atoms with Crippen molar-refractivity contribution < 1.29 is 14.3 Å². The van der Waals surface area contributed by atoms with E-state index < -0.39 is 5.97 Å². The molecule has 1 heterocycles. The molecule has 0 atom stereocenters. The van der Waals surface area contributed by atoms with Gasteiger partial charge in [0, 0.05) is 15.8 Å². The monoisotopic (exact) mass is 275 g/mol. The molecule has 0 aliphatic heterocycles. The van der Waals surface area contributed by atoms with Crippen LogP contribution in [0.5, 0.6) is 0 Å². The maximum atomic E-state index is 12.0. The average molecular weight is 275 g/mol. The number of benzene rings is 1. The molecular formula is C14H13NO3S. The summed E-state index contributed by atoms with van der Waals surface area (Å²) in [6.45, 7) is 1.81. The Hall–Kier alpha value is -2.14. The summed E-state index contributed by atoms with van der Waals surface area (Å²) >= 11 is 1.40. The van der Waals surface area contributed by atoms with E-state index in [1.807, 2.05) is 13.0 Å². The third kappa shape index (κ3) is 2.82. The molecule has 1 N–H and O–H groups in total. The lowest BCUT2D eigenvalue weighted by molar-refractivity contribution is 0.0602. The number of carbonyl (C=O) groups is 2. The van der Waals surface area contributed by atoms with Gasteiger partial charge in [0.2, 0.25) is 0 Å². The summed E-state index contributed by atoms with van der Waals surface area (Å²) in [5.74, 6) is -0.689. The van der Waals surface area contributed by atoms with Crippen LogP contribution in [0.25, 0.3) is 0 Å². The third-order valence-electron chi connectivity index (χ3n) is 2.65. The van der Waals surface area contributed by atoms with Crippen LogP contribution in [0.4, 0.5) is 5.69 Å². The van der Waals surface area contributed by atoms with Crippen LogP contribution in [-0.2, 0) is 4.74 Å². The predicted molar refractivity (Wildman–Crippen MR) is 74.8 cm³/mol. The number of methoxy groups -OCH3 is 1. The highest BCUT2D eigenvalue weighted by Crippen LogP contribution is 2.27. The standard InChI is InChI=1S/C14H13NO3S/c1-9-12(14(17)18-2)11(8-19-9)15-13(16)10-6-4-3-5-7-10/h3-8H,1-2H3,(H,15,16). The van der Waals surface area contributed by atoms with Crippen LogP contribution in [0, 0.1) is 6.92 Å². The number of thiophene rings is 1. The van der Waals surface area contributed by atoms with Gasteiger partial charge in [-0.25, -0.2) is 4.79 Å². The Morgan fingerprint density at radius 3 is 2.53 bits per heavy atom. The fourth-order valence-electron chi connectivity index (χ4n) is 1.69. The highest BCUT2D eigenvalue weighted by Gasteiger charge is 2.19. The summed E-state index contributed by atoms with van der Waals surface area (Å²) in [5, 5.41) is 4.47. The summed E-state index contributed by atoms with van der Waals surface area (Å²) in [6.07, 6.45) is 0. The Balaban J connectivity index is 2.25. The van der Waals surface area contributed by atoms with E-state index in [9.17, 15) is 9.59 Å². The number of ether oxygens (including phenoxy) is 1. The number of esters is 1. The summed E-state index contributed by atoms with van der Waals surface area (Å²) in [6, 6.07) is 8.84. The van der Waals surface area contributed by atoms with Crippen molar-refractivity contribution in [3.63, 3.8) is 0 Å². The van der Waals surface area contributed by atoms with Gasteiger partial charge in [0.25, 0.3) is 5.91 Å². The van der Waals surface area contributed by atoms with Gasteiger partial charge in [-0.1, -0.05) is 18.2 Å². The van der Waals surface area contributed by atoms with E-state index >= 15 is 0 Å². The van der Waals surface area contributed by atoms with Gasteiger partial charge in [-0.2, -0.15) is 0 Å². The molecule has 0 saturated carbocycles. The minimum atomic E-state index is -0.442. The summed E-state index contributed by atoms with van der Waals surface area (Å²) in [7, 11) is 1.32. The number of hydrogen-bond donors (Lipinski definition) is 1. The van der Waals surface area contributed by atoms with Crippen LogP contribution in [-0.4, -0.2) is 19.0 Å². The number of nitrogens with one attached hydrogen (secondary N) is 1. The molecule has 98 valence electrons. The van der Waals surface area contributed by atoms with Gasteiger partial charge in [0.05, 0.1) is 18.4 Å². The molecular weight excluding hydrogens is 262 g/mol. The molecule has 0 unspecified atom stereocenters. The lowest BCUT2D eigenvalue weighted by atomic mass is 10.2. The largest absolute Gasteiger partial charge is 0.465 e. The molecule has 1 amide bonds. The molecule has 19 heavy (non-hydrogen) atoms. The van der Waals surface area contributed by atoms with Gasteiger partial charge < -0.3 is 10.1 Å². The zero-order valence-corrected chi connectivity index (χ0v) is 11.4. The minimum Gasteiger partial charge on any atom is -0.465 e. The van der Waals surface area contributed by atoms with Crippen molar-refractivity contribution in [2.75, 3.05) is 12.4 Å². The highest BCUT2D eigenvalue weighted by atomic mass is 32.1. The van der Waals surface area contributed by atoms with Crippen LogP contribution in [0.1, 0.15) is 25.6 Å². The maximum absolute atomic E-state index is 12.0. The maximum Gasteiger partial charge on any atom is 0.341 e. The van der Waals surface area contributed by atoms with Gasteiger partial charge in [0.15, 0.2) is 0 Å². The van der Waals surface area contributed by atoms with E-state index in [0.29, 0.717) is 16.8 Å². The topological polar surface area (TPSA) is 55.4 Å². The number of rotatable bonds is 3. The summed E-state index contributed by atoms with van der Waals surface area (Å²) in [4.78, 5) is 24.5. The van der Waals surface area contributed by atoms with Gasteiger partial charge in [-0.05, 0) is 19.1 Å². The molecule has 0 bridgehead atoms. The lowest BCUT2D eigenvalue weighted by Gasteiger charge is -2.06. The Bertz CT molecular complexity index is 604. The Morgan fingerprint density at radius 1 is 1.21 bits per heavy atom. The molecule has 2 rings (SSSR count). The fourth-order valence-corrected chi connectivity index (χ4v) is 2.47. The van der Waals surface area contributed by atoms with Gasteiger partial charge in [0.1, 0.15) is 0 Å². The average Bonchev–Trinajstić information content (AvgIpc) is 2.80. The number of carbonyl (C=O) groups excluding carboxylic acids is 2. The Labute approximate surface area is 115 Å². The number of hydrogen-bond acceptors (Lipinski definition) is 4. The minimum absolute atomic E-state index is 0.247. The van der Waals surface area contributed by atoms with E-state index in [4.69, 9.17) is 4.74 Å². The molecule has 1 aromatic carbocycles. The number of aryl methyl sites for hydroxylation is 1. The normalized spacial score (nSPS) is 10.0. The van der Waals surface area contributed by atoms with Crippen molar-refractivity contribution in [2.24, 2.45) is 0 Å². The van der Waals surface area contributed by atoms with Crippen LogP contribution < -0.4 is 5.32 Å². The van der Waals surface area contributed by atoms with Gasteiger partial charge in [-0.3, -0.25) is 4.79 Å². The first-order valence-corrected chi connectivity index (χ1v) is 6.54. The molecule has 0 aliphatic rings. The van der Waals surface area contributed by atoms with Gasteiger partial charge in [-0.15, -0.1) is 11.3 Å². The van der Waals surface area contributed by atoms with Crippen LogP contribution in [0.15, 0.2) is 35.7 Å². The second kappa shape index (κ2) is 5.67. The van der Waals surface area contributed by atoms with E-state index in [-0.39, 0.29) is 5.91 Å². The smallest absolute Gasteiger partial charge is 0.341 e. The van der Waals surface area contributed by atoms with E-state index in [1.54, 1.807) is 29.6 Å². The van der Waals surface area contributed by atoms with E-state index in [1.165, 1.54) is 18.4 Å². The molecule has 5 heteroatoms. The first-order chi connectivity index (χ1) is 9.13. The van der Waals surface area contributed by atoms with Crippen LogP contribution in [0.2, 0.25) is 0 Å². The molecule has 2 aromatic rings. The number of amides is 1. The number of anilines is 1. The Kier molecular flexibility index (Phi) is 3.97. The zero-order valence-electron chi connectivity index (χ0n) is 10.6. The quantitative estimate of drug-likeness (QED) is 0.876. The first-order valence-electron chi connectivity index (χ1n) is 5.66. The van der Waals surface area contributed by atoms with Crippen molar-refractivity contribution in [3.8, 4) is 0 Å². The molecule has 1 aromatic heterocycles. The SMILES string of the molecule is COC(=O)c1c(NC(=O)c2ccccc2)csc1C. The predicted octanol–water partition coefficient (Wildman–Crippen LogP) is 3.10. The summed E-state index contributed by atoms with van der Waals surface area (Å²) in [5.41, 5.74) is 1.45. The molecule has 0 saturated heterocycles. The second-order valence-corrected chi connectivity index (χ2v) is 4.98. The van der Waals surface area contributed by atoms with Crippen molar-refractivity contribution in [3.05, 3.63) is 51.7 Å². The van der Waals surface area contributed by atoms with Gasteiger partial charge >= 0.3 is 5.97 Å². The molecule has 0 spiro atoms. The van der Waals surface area contributed by atoms with Crippen molar-refractivity contribution in [2.45, 2.75) is 6.92 Å².